The van der Waals surface area contributed by atoms with Gasteiger partial charge in [0.1, 0.15) is 0 Å². The molecule has 2 aromatic rings. The van der Waals surface area contributed by atoms with Crippen LogP contribution < -0.4 is 5.01 Å². The Labute approximate surface area is 123 Å². The summed E-state index contributed by atoms with van der Waals surface area (Å²) in [5.74, 6) is 1.69. The minimum atomic E-state index is 0.552. The number of hydrogen-bond acceptors (Lipinski definition) is 3. The molecule has 3 heteroatoms. The molecule has 2 nitrogen and oxygen atoms in total. The van der Waals surface area contributed by atoms with Crippen LogP contribution in [-0.2, 0) is 0 Å². The number of benzene rings is 2. The molecule has 2 aliphatic rings. The third-order valence-corrected chi connectivity index (χ3v) is 5.18. The van der Waals surface area contributed by atoms with Crippen LogP contribution in [-0.4, -0.2) is 18.0 Å². The van der Waals surface area contributed by atoms with Crippen LogP contribution in [0.3, 0.4) is 0 Å². The van der Waals surface area contributed by atoms with Crippen molar-refractivity contribution in [2.75, 3.05) is 17.3 Å². The lowest BCUT2D eigenvalue weighted by atomic mass is 9.98. The second-order valence-electron chi connectivity index (χ2n) is 5.41. The summed E-state index contributed by atoms with van der Waals surface area (Å²) < 4.78 is 0. The van der Waals surface area contributed by atoms with Gasteiger partial charge in [-0.25, -0.2) is 0 Å². The first kappa shape index (κ1) is 12.0. The molecule has 2 aliphatic heterocycles. The van der Waals surface area contributed by atoms with E-state index in [1.54, 1.807) is 0 Å². The van der Waals surface area contributed by atoms with Crippen molar-refractivity contribution < 1.29 is 0 Å². The molecule has 100 valence electrons. The highest BCUT2D eigenvalue weighted by atomic mass is 32.2. The number of hydrogen-bond donors (Lipinski definition) is 0. The molecule has 1 atom stereocenters. The average molecular weight is 280 g/mol. The van der Waals surface area contributed by atoms with E-state index >= 15 is 0 Å². The van der Waals surface area contributed by atoms with Crippen molar-refractivity contribution in [2.45, 2.75) is 11.8 Å². The summed E-state index contributed by atoms with van der Waals surface area (Å²) in [7, 11) is 0. The Morgan fingerprint density at radius 1 is 1.10 bits per heavy atom. The standard InChI is InChI=1S/C17H16N2S/c1-12-6-8-14(9-7-12)19-10-13-11-20-16-5-3-2-4-15(16)17(13)18-19/h2-9,13H,10-11H2,1H3. The van der Waals surface area contributed by atoms with Crippen molar-refractivity contribution in [3.63, 3.8) is 0 Å². The highest BCUT2D eigenvalue weighted by Crippen LogP contribution is 2.37. The molecular formula is C17H16N2S. The predicted octanol–water partition coefficient (Wildman–Crippen LogP) is 3.94. The Hall–Kier alpha value is -1.74. The zero-order valence-electron chi connectivity index (χ0n) is 11.4. The van der Waals surface area contributed by atoms with E-state index in [9.17, 15) is 0 Å². The minimum absolute atomic E-state index is 0.552. The summed E-state index contributed by atoms with van der Waals surface area (Å²) in [5, 5.41) is 7.04. The molecule has 0 bridgehead atoms. The third-order valence-electron chi connectivity index (χ3n) is 3.94. The Morgan fingerprint density at radius 2 is 1.90 bits per heavy atom. The summed E-state index contributed by atoms with van der Waals surface area (Å²) in [6.07, 6.45) is 0. The molecule has 1 unspecified atom stereocenters. The summed E-state index contributed by atoms with van der Waals surface area (Å²) in [6.45, 7) is 3.12. The monoisotopic (exact) mass is 280 g/mol. The molecule has 0 spiro atoms. The van der Waals surface area contributed by atoms with Crippen molar-refractivity contribution in [1.82, 2.24) is 0 Å². The van der Waals surface area contributed by atoms with Crippen molar-refractivity contribution in [3.05, 3.63) is 59.7 Å². The quantitative estimate of drug-likeness (QED) is 0.786. The fraction of sp³-hybridized carbons (Fsp3) is 0.235. The van der Waals surface area contributed by atoms with Gasteiger partial charge in [0.2, 0.25) is 0 Å². The lowest BCUT2D eigenvalue weighted by Crippen LogP contribution is -2.24. The largest absolute Gasteiger partial charge is 0.265 e. The van der Waals surface area contributed by atoms with E-state index in [1.807, 2.05) is 11.8 Å². The second-order valence-corrected chi connectivity index (χ2v) is 6.47. The van der Waals surface area contributed by atoms with Crippen LogP contribution in [0.4, 0.5) is 5.69 Å². The topological polar surface area (TPSA) is 15.6 Å². The fourth-order valence-electron chi connectivity index (χ4n) is 2.83. The number of fused-ring (bicyclic) bond motifs is 3. The van der Waals surface area contributed by atoms with Crippen LogP contribution >= 0.6 is 11.8 Å². The molecule has 0 radical (unpaired) electrons. The maximum Gasteiger partial charge on any atom is 0.0750 e. The van der Waals surface area contributed by atoms with Gasteiger partial charge in [-0.1, -0.05) is 35.9 Å². The van der Waals surface area contributed by atoms with E-state index in [0.717, 1.165) is 12.3 Å². The SMILES string of the molecule is Cc1ccc(N2CC3CSc4ccccc4C3=N2)cc1. The zero-order chi connectivity index (χ0) is 13.5. The zero-order valence-corrected chi connectivity index (χ0v) is 12.2. The lowest BCUT2D eigenvalue weighted by molar-refractivity contribution is 0.781. The molecule has 0 saturated heterocycles. The molecule has 20 heavy (non-hydrogen) atoms. The number of aryl methyl sites for hydroxylation is 1. The van der Waals surface area contributed by atoms with Crippen molar-refractivity contribution in [1.29, 1.82) is 0 Å². The van der Waals surface area contributed by atoms with Crippen molar-refractivity contribution in [2.24, 2.45) is 11.0 Å². The normalized spacial score (nSPS) is 20.4. The molecule has 2 aromatic carbocycles. The Balaban J connectivity index is 1.72. The molecule has 0 fully saturated rings. The molecule has 4 rings (SSSR count). The minimum Gasteiger partial charge on any atom is -0.265 e. The maximum absolute atomic E-state index is 4.89. The van der Waals surface area contributed by atoms with E-state index in [2.05, 4.69) is 60.5 Å². The van der Waals surface area contributed by atoms with Crippen LogP contribution in [0.2, 0.25) is 0 Å². The van der Waals surface area contributed by atoms with Crippen molar-refractivity contribution >= 4 is 23.2 Å². The molecule has 0 aromatic heterocycles. The number of nitrogens with zero attached hydrogens (tertiary/aromatic N) is 2. The van der Waals surface area contributed by atoms with Gasteiger partial charge in [-0.2, -0.15) is 5.10 Å². The predicted molar refractivity (Wildman–Crippen MR) is 85.7 cm³/mol. The summed E-state index contributed by atoms with van der Waals surface area (Å²) in [6, 6.07) is 17.3. The van der Waals surface area contributed by atoms with E-state index in [0.29, 0.717) is 5.92 Å². The third kappa shape index (κ3) is 1.93. The average Bonchev–Trinajstić information content (AvgIpc) is 2.92. The van der Waals surface area contributed by atoms with E-state index in [-0.39, 0.29) is 0 Å². The smallest absolute Gasteiger partial charge is 0.0750 e. The Morgan fingerprint density at radius 3 is 2.75 bits per heavy atom. The van der Waals surface area contributed by atoms with Crippen LogP contribution in [0, 0.1) is 12.8 Å². The number of hydrazone groups is 1. The lowest BCUT2D eigenvalue weighted by Gasteiger charge is -2.20. The van der Waals surface area contributed by atoms with Gasteiger partial charge in [0.25, 0.3) is 0 Å². The number of rotatable bonds is 1. The Kier molecular flexibility index (Phi) is 2.81. The van der Waals surface area contributed by atoms with E-state index in [1.165, 1.54) is 27.4 Å². The molecule has 0 amide bonds. The second kappa shape index (κ2) is 4.67. The number of thioether (sulfide) groups is 1. The van der Waals surface area contributed by atoms with Crippen LogP contribution in [0.25, 0.3) is 0 Å². The van der Waals surface area contributed by atoms with Gasteiger partial charge in [0.15, 0.2) is 0 Å². The van der Waals surface area contributed by atoms with Gasteiger partial charge >= 0.3 is 0 Å². The highest BCUT2D eigenvalue weighted by molar-refractivity contribution is 7.99. The number of anilines is 1. The Bertz CT molecular complexity index is 676. The van der Waals surface area contributed by atoms with Gasteiger partial charge in [-0.3, -0.25) is 5.01 Å². The summed E-state index contributed by atoms with van der Waals surface area (Å²) >= 11 is 1.96. The molecule has 2 heterocycles. The van der Waals surface area contributed by atoms with Crippen LogP contribution in [0.15, 0.2) is 58.5 Å². The first-order valence-electron chi connectivity index (χ1n) is 6.96. The van der Waals surface area contributed by atoms with Gasteiger partial charge < -0.3 is 0 Å². The summed E-state index contributed by atoms with van der Waals surface area (Å²) in [5.41, 5.74) is 5.07. The van der Waals surface area contributed by atoms with Gasteiger partial charge in [-0.15, -0.1) is 11.8 Å². The molecule has 0 N–H and O–H groups in total. The van der Waals surface area contributed by atoms with E-state index < -0.39 is 0 Å². The highest BCUT2D eigenvalue weighted by Gasteiger charge is 2.33. The van der Waals surface area contributed by atoms with Gasteiger partial charge in [-0.05, 0) is 25.1 Å². The summed E-state index contributed by atoms with van der Waals surface area (Å²) in [4.78, 5) is 1.37. The van der Waals surface area contributed by atoms with Gasteiger partial charge in [0.05, 0.1) is 17.9 Å². The van der Waals surface area contributed by atoms with Crippen LogP contribution in [0.5, 0.6) is 0 Å². The maximum atomic E-state index is 4.89. The first-order valence-corrected chi connectivity index (χ1v) is 7.95. The van der Waals surface area contributed by atoms with Crippen molar-refractivity contribution in [3.8, 4) is 0 Å². The molecule has 0 aliphatic carbocycles. The molecule has 0 saturated carbocycles. The molecular weight excluding hydrogens is 264 g/mol. The van der Waals surface area contributed by atoms with Gasteiger partial charge in [0, 0.05) is 22.1 Å². The van der Waals surface area contributed by atoms with Crippen LogP contribution in [0.1, 0.15) is 11.1 Å². The first-order chi connectivity index (χ1) is 9.81. The van der Waals surface area contributed by atoms with E-state index in [4.69, 9.17) is 5.10 Å². The fourth-order valence-corrected chi connectivity index (χ4v) is 3.97.